The molecule has 3 N–H and O–H groups in total. The lowest BCUT2D eigenvalue weighted by Gasteiger charge is -2.38. The summed E-state index contributed by atoms with van der Waals surface area (Å²) < 4.78 is 17.1. The van der Waals surface area contributed by atoms with Gasteiger partial charge in [0.1, 0.15) is 22.1 Å². The normalized spacial score (nSPS) is 19.6. The molecule has 5 rings (SSSR count). The van der Waals surface area contributed by atoms with E-state index in [9.17, 15) is 19.5 Å². The summed E-state index contributed by atoms with van der Waals surface area (Å²) in [4.78, 5) is 50.4. The lowest BCUT2D eigenvalue weighted by molar-refractivity contribution is -0.121. The number of Topliss-reactive ketones (excluding diaryl/α,β-unsaturated/α-hetero) is 2. The molecule has 0 bridgehead atoms. The van der Waals surface area contributed by atoms with Crippen LogP contribution in [0.1, 0.15) is 41.6 Å². The predicted octanol–water partition coefficient (Wildman–Crippen LogP) is 5.01. The minimum Gasteiger partial charge on any atom is -0.507 e. The summed E-state index contributed by atoms with van der Waals surface area (Å²) >= 11 is 8.12. The average molecular weight is 653 g/mol. The molecule has 3 aromatic rings. The van der Waals surface area contributed by atoms with Crippen LogP contribution in [0.2, 0.25) is 5.02 Å². The number of carbonyl (C=O) groups is 3. The fraction of sp³-hybridized carbons (Fsp3) is 0.344. The molecule has 1 aliphatic heterocycles. The van der Waals surface area contributed by atoms with Crippen molar-refractivity contribution >= 4 is 46.8 Å². The van der Waals surface area contributed by atoms with E-state index < -0.39 is 29.0 Å². The molecule has 11 nitrogen and oxygen atoms in total. The fourth-order valence-electron chi connectivity index (χ4n) is 5.79. The Morgan fingerprint density at radius 3 is 2.49 bits per heavy atom. The van der Waals surface area contributed by atoms with Crippen LogP contribution >= 0.6 is 23.4 Å². The number of thioether (sulfide) groups is 1. The van der Waals surface area contributed by atoms with Crippen LogP contribution in [0.15, 0.2) is 65.0 Å². The van der Waals surface area contributed by atoms with Crippen LogP contribution in [0.5, 0.6) is 17.2 Å². The van der Waals surface area contributed by atoms with Crippen molar-refractivity contribution in [3.8, 4) is 17.2 Å². The number of rotatable bonds is 11. The number of aliphatic hydroxyl groups excluding tert-OH is 1. The topological polar surface area (TPSA) is 149 Å². The van der Waals surface area contributed by atoms with Crippen molar-refractivity contribution in [1.82, 2.24) is 15.3 Å². The molecule has 2 heterocycles. The maximum atomic E-state index is 14.2. The van der Waals surface area contributed by atoms with Crippen LogP contribution < -0.4 is 24.8 Å². The Morgan fingerprint density at radius 2 is 1.84 bits per heavy atom. The molecule has 0 fully saturated rings. The van der Waals surface area contributed by atoms with Gasteiger partial charge in [-0.05, 0) is 30.0 Å². The molecule has 1 amide bonds. The smallest absolute Gasteiger partial charge is 0.231 e. The van der Waals surface area contributed by atoms with Crippen LogP contribution in [0.4, 0.5) is 5.95 Å². The van der Waals surface area contributed by atoms with Crippen LogP contribution in [-0.2, 0) is 9.59 Å². The number of allylic oxidation sites excluding steroid dienone is 1. The van der Waals surface area contributed by atoms with E-state index in [0.717, 1.165) is 4.90 Å². The number of amides is 1. The average Bonchev–Trinajstić information content (AvgIpc) is 3.37. The zero-order valence-electron chi connectivity index (χ0n) is 25.2. The van der Waals surface area contributed by atoms with Gasteiger partial charge >= 0.3 is 0 Å². The van der Waals surface area contributed by atoms with Crippen LogP contribution in [0.25, 0.3) is 0 Å². The highest BCUT2D eigenvalue weighted by Crippen LogP contribution is 2.55. The third kappa shape index (κ3) is 5.91. The second kappa shape index (κ2) is 13.4. The van der Waals surface area contributed by atoms with E-state index >= 15 is 0 Å². The summed E-state index contributed by atoms with van der Waals surface area (Å²) in [6, 6.07) is 10.6. The zero-order valence-corrected chi connectivity index (χ0v) is 26.8. The van der Waals surface area contributed by atoms with Gasteiger partial charge in [-0.15, -0.1) is 11.8 Å². The van der Waals surface area contributed by atoms with Gasteiger partial charge in [-0.2, -0.15) is 0 Å². The van der Waals surface area contributed by atoms with E-state index in [-0.39, 0.29) is 64.5 Å². The van der Waals surface area contributed by atoms with Crippen molar-refractivity contribution in [1.29, 1.82) is 0 Å². The van der Waals surface area contributed by atoms with Gasteiger partial charge in [-0.1, -0.05) is 30.7 Å². The molecule has 0 saturated heterocycles. The minimum absolute atomic E-state index is 0.00141. The Labute approximate surface area is 269 Å². The molecule has 3 atom stereocenters. The molecular formula is C32H33ClN4O7S. The first-order valence-electron chi connectivity index (χ1n) is 14.2. The quantitative estimate of drug-likeness (QED) is 0.190. The van der Waals surface area contributed by atoms with Crippen molar-refractivity contribution in [2.45, 2.75) is 36.2 Å². The van der Waals surface area contributed by atoms with Crippen LogP contribution in [-0.4, -0.2) is 71.7 Å². The third-order valence-corrected chi connectivity index (χ3v) is 9.17. The number of nitrogens with zero attached hydrogens (tertiary/aromatic N) is 2. The molecule has 1 unspecified atom stereocenters. The van der Waals surface area contributed by atoms with E-state index in [0.29, 0.717) is 18.1 Å². The number of ketones is 2. The number of hydrogen-bond donors (Lipinski definition) is 3. The Hall–Kier alpha value is -4.29. The molecule has 0 saturated carbocycles. The van der Waals surface area contributed by atoms with Gasteiger partial charge < -0.3 is 30.0 Å². The van der Waals surface area contributed by atoms with Gasteiger partial charge in [-0.3, -0.25) is 14.4 Å². The first-order valence-corrected chi connectivity index (χ1v) is 15.8. The Bertz CT molecular complexity index is 1650. The number of fused-ring (bicyclic) bond motifs is 1. The Balaban J connectivity index is 1.52. The fourth-order valence-corrected chi connectivity index (χ4v) is 6.46. The third-order valence-electron chi connectivity index (χ3n) is 8.06. The van der Waals surface area contributed by atoms with Crippen molar-refractivity contribution in [3.63, 3.8) is 0 Å². The largest absolute Gasteiger partial charge is 0.507 e. The summed E-state index contributed by atoms with van der Waals surface area (Å²) in [5.74, 6) is -2.72. The summed E-state index contributed by atoms with van der Waals surface area (Å²) in [7, 11) is 2.81. The highest BCUT2D eigenvalue weighted by atomic mass is 35.5. The van der Waals surface area contributed by atoms with Gasteiger partial charge in [0.05, 0.1) is 14.2 Å². The summed E-state index contributed by atoms with van der Waals surface area (Å²) in [5.41, 5.74) is -1.34. The number of benzene rings is 2. The number of aliphatic hydroxyl groups is 1. The van der Waals surface area contributed by atoms with Crippen molar-refractivity contribution < 1.29 is 33.7 Å². The van der Waals surface area contributed by atoms with Crippen LogP contribution in [0.3, 0.4) is 0 Å². The lowest BCUT2D eigenvalue weighted by atomic mass is 9.69. The molecule has 1 aliphatic carbocycles. The molecule has 236 valence electrons. The number of anilines is 1. The van der Waals surface area contributed by atoms with Crippen molar-refractivity contribution in [2.75, 3.05) is 38.9 Å². The highest BCUT2D eigenvalue weighted by Gasteiger charge is 2.61. The molecule has 0 radical (unpaired) electrons. The standard InChI is InChI=1S/C32H33ClN4O7S/c1-17-14-21(38)25(29(40)32(17)30(41)26-22(42-2)16-23(43-3)27(33)28(26)44-32)20(18-6-8-19(45-4)9-7-18)15-24(39)34-12-13-37-31-35-10-5-11-36-31/h5-11,16-17,20,40H,12-15H2,1-4H3,(H,34,39)(H,35,36,37)/t17-,20?,32+/m1/s1. The number of methoxy groups -OCH3 is 2. The van der Waals surface area contributed by atoms with Crippen molar-refractivity contribution in [2.24, 2.45) is 5.92 Å². The monoisotopic (exact) mass is 652 g/mol. The van der Waals surface area contributed by atoms with Crippen molar-refractivity contribution in [3.05, 3.63) is 76.3 Å². The summed E-state index contributed by atoms with van der Waals surface area (Å²) in [6.07, 6.45) is 4.86. The molecule has 45 heavy (non-hydrogen) atoms. The van der Waals surface area contributed by atoms with Gasteiger partial charge in [0.2, 0.25) is 23.2 Å². The highest BCUT2D eigenvalue weighted by molar-refractivity contribution is 7.98. The lowest BCUT2D eigenvalue weighted by Crippen LogP contribution is -2.53. The van der Waals surface area contributed by atoms with E-state index in [4.69, 9.17) is 25.8 Å². The van der Waals surface area contributed by atoms with Crippen LogP contribution in [0, 0.1) is 5.92 Å². The number of aromatic nitrogens is 2. The number of carbonyl (C=O) groups excluding carboxylic acids is 3. The maximum Gasteiger partial charge on any atom is 0.231 e. The van der Waals surface area contributed by atoms with Gasteiger partial charge in [0.25, 0.3) is 0 Å². The Kier molecular flexibility index (Phi) is 9.54. The molecular weight excluding hydrogens is 620 g/mol. The molecule has 1 aromatic heterocycles. The zero-order chi connectivity index (χ0) is 32.3. The van der Waals surface area contributed by atoms with Gasteiger partial charge in [0, 0.05) is 66.7 Å². The number of halogens is 1. The predicted molar refractivity (Wildman–Crippen MR) is 170 cm³/mol. The first-order chi connectivity index (χ1) is 21.7. The summed E-state index contributed by atoms with van der Waals surface area (Å²) in [6.45, 7) is 2.28. The number of nitrogens with one attached hydrogen (secondary N) is 2. The number of hydrogen-bond acceptors (Lipinski definition) is 11. The summed E-state index contributed by atoms with van der Waals surface area (Å²) in [5, 5.41) is 17.9. The maximum absolute atomic E-state index is 14.2. The Morgan fingerprint density at radius 1 is 1.16 bits per heavy atom. The van der Waals surface area contributed by atoms with E-state index in [1.54, 1.807) is 37.1 Å². The SMILES string of the molecule is COc1cc(OC)c2c(c1Cl)O[C@]1(C2=O)C(O)=C(C(CC(=O)NCCNc2ncccn2)c2ccc(SC)cc2)C(=O)C[C@H]1C. The number of ether oxygens (including phenoxy) is 3. The first kappa shape index (κ1) is 32.1. The second-order valence-electron chi connectivity index (χ2n) is 10.6. The van der Waals surface area contributed by atoms with Gasteiger partial charge in [0.15, 0.2) is 17.3 Å². The second-order valence-corrected chi connectivity index (χ2v) is 11.9. The van der Waals surface area contributed by atoms with Gasteiger partial charge in [-0.25, -0.2) is 9.97 Å². The molecule has 2 aliphatic rings. The molecule has 1 spiro atoms. The van der Waals surface area contributed by atoms with E-state index in [1.807, 2.05) is 30.5 Å². The van der Waals surface area contributed by atoms with E-state index in [1.165, 1.54) is 20.3 Å². The molecule has 2 aromatic carbocycles. The molecule has 13 heteroatoms. The van der Waals surface area contributed by atoms with E-state index in [2.05, 4.69) is 20.6 Å². The minimum atomic E-state index is -1.96.